The van der Waals surface area contributed by atoms with Crippen LogP contribution in [0.2, 0.25) is 0 Å². The monoisotopic (exact) mass is 300 g/mol. The Morgan fingerprint density at radius 2 is 2.20 bits per heavy atom. The molecule has 1 saturated carbocycles. The Morgan fingerprint density at radius 3 is 2.80 bits per heavy atom. The molecule has 108 valence electrons. The molecule has 1 aliphatic rings. The molecule has 1 aliphatic carbocycles. The van der Waals surface area contributed by atoms with Crippen LogP contribution in [0.25, 0.3) is 0 Å². The van der Waals surface area contributed by atoms with E-state index < -0.39 is 22.3 Å². The first-order valence-electron chi connectivity index (χ1n) is 6.33. The third-order valence-electron chi connectivity index (χ3n) is 3.38. The molecule has 1 amide bonds. The Kier molecular flexibility index (Phi) is 4.54. The highest BCUT2D eigenvalue weighted by Crippen LogP contribution is 2.28. The average Bonchev–Trinajstić information content (AvgIpc) is 2.81. The summed E-state index contributed by atoms with van der Waals surface area (Å²) in [5.41, 5.74) is -0.478. The molecular formula is C13H14ClFN2O3. The van der Waals surface area contributed by atoms with Crippen molar-refractivity contribution in [2.75, 3.05) is 6.54 Å². The van der Waals surface area contributed by atoms with Gasteiger partial charge in [0.15, 0.2) is 0 Å². The van der Waals surface area contributed by atoms with Gasteiger partial charge in [-0.3, -0.25) is 14.9 Å². The molecule has 1 N–H and O–H groups in total. The smallest absolute Gasteiger partial charge is 0.273 e. The molecule has 5 nitrogen and oxygen atoms in total. The van der Waals surface area contributed by atoms with E-state index in [1.807, 2.05) is 0 Å². The Labute approximate surface area is 120 Å². The minimum atomic E-state index is -0.800. The zero-order chi connectivity index (χ0) is 14.7. The van der Waals surface area contributed by atoms with Crippen LogP contribution in [0.1, 0.15) is 29.6 Å². The first-order chi connectivity index (χ1) is 9.45. The fourth-order valence-electron chi connectivity index (χ4n) is 2.35. The van der Waals surface area contributed by atoms with E-state index in [1.165, 1.54) is 0 Å². The number of non-ortho nitro benzene ring substituents is 1. The highest BCUT2D eigenvalue weighted by Gasteiger charge is 2.23. The van der Waals surface area contributed by atoms with Crippen LogP contribution in [-0.4, -0.2) is 22.8 Å². The second-order valence-corrected chi connectivity index (χ2v) is 5.56. The number of rotatable bonds is 4. The lowest BCUT2D eigenvalue weighted by Gasteiger charge is -2.10. The van der Waals surface area contributed by atoms with Crippen LogP contribution in [-0.2, 0) is 0 Å². The second-order valence-electron chi connectivity index (χ2n) is 4.94. The molecule has 1 aromatic rings. The lowest BCUT2D eigenvalue weighted by Crippen LogP contribution is -2.28. The number of benzene rings is 1. The molecule has 0 radical (unpaired) electrons. The van der Waals surface area contributed by atoms with Crippen LogP contribution in [0.3, 0.4) is 0 Å². The van der Waals surface area contributed by atoms with Crippen molar-refractivity contribution in [2.24, 2.45) is 5.92 Å². The molecule has 2 unspecified atom stereocenters. The zero-order valence-electron chi connectivity index (χ0n) is 10.6. The van der Waals surface area contributed by atoms with E-state index in [0.717, 1.165) is 37.5 Å². The van der Waals surface area contributed by atoms with Crippen molar-refractivity contribution in [2.45, 2.75) is 24.6 Å². The number of alkyl halides is 1. The fourth-order valence-corrected chi connectivity index (χ4v) is 2.73. The molecule has 7 heteroatoms. The maximum atomic E-state index is 13.2. The van der Waals surface area contributed by atoms with Gasteiger partial charge in [-0.1, -0.05) is 0 Å². The highest BCUT2D eigenvalue weighted by molar-refractivity contribution is 6.20. The molecule has 1 fully saturated rings. The van der Waals surface area contributed by atoms with Crippen molar-refractivity contribution in [1.29, 1.82) is 0 Å². The summed E-state index contributed by atoms with van der Waals surface area (Å²) in [4.78, 5) is 21.8. The number of hydrogen-bond donors (Lipinski definition) is 1. The molecule has 0 bridgehead atoms. The molecule has 0 aromatic heterocycles. The Hall–Kier alpha value is -1.69. The van der Waals surface area contributed by atoms with E-state index in [2.05, 4.69) is 5.32 Å². The number of nitro benzene ring substituents is 1. The predicted octanol–water partition coefficient (Wildman–Crippen LogP) is 2.87. The Balaban J connectivity index is 2.00. The normalized spacial score (nSPS) is 21.7. The summed E-state index contributed by atoms with van der Waals surface area (Å²) in [6.45, 7) is 0.451. The number of nitrogens with zero attached hydrogens (tertiary/aromatic N) is 1. The average molecular weight is 301 g/mol. The van der Waals surface area contributed by atoms with E-state index in [9.17, 15) is 19.3 Å². The maximum absolute atomic E-state index is 13.2. The van der Waals surface area contributed by atoms with E-state index in [0.29, 0.717) is 12.5 Å². The van der Waals surface area contributed by atoms with Crippen LogP contribution < -0.4 is 5.32 Å². The Morgan fingerprint density at radius 1 is 1.45 bits per heavy atom. The van der Waals surface area contributed by atoms with Gasteiger partial charge >= 0.3 is 0 Å². The number of carbonyl (C=O) groups excluding carboxylic acids is 1. The van der Waals surface area contributed by atoms with Gasteiger partial charge < -0.3 is 5.32 Å². The Bertz CT molecular complexity index is 538. The van der Waals surface area contributed by atoms with Crippen molar-refractivity contribution in [1.82, 2.24) is 5.32 Å². The SMILES string of the molecule is O=C(NCC1CCC(Cl)C1)c1cc(F)cc([N+](=O)[O-])c1. The summed E-state index contributed by atoms with van der Waals surface area (Å²) in [6, 6.07) is 2.84. The van der Waals surface area contributed by atoms with Gasteiger partial charge in [-0.2, -0.15) is 0 Å². The third-order valence-corrected chi connectivity index (χ3v) is 3.78. The molecule has 20 heavy (non-hydrogen) atoms. The van der Waals surface area contributed by atoms with E-state index in [4.69, 9.17) is 11.6 Å². The van der Waals surface area contributed by atoms with E-state index in [1.54, 1.807) is 0 Å². The number of carbonyl (C=O) groups is 1. The minimum Gasteiger partial charge on any atom is -0.352 e. The van der Waals surface area contributed by atoms with Gasteiger partial charge in [-0.15, -0.1) is 11.6 Å². The van der Waals surface area contributed by atoms with Crippen molar-refractivity contribution in [3.63, 3.8) is 0 Å². The van der Waals surface area contributed by atoms with E-state index >= 15 is 0 Å². The first-order valence-corrected chi connectivity index (χ1v) is 6.76. The number of nitrogens with one attached hydrogen (secondary N) is 1. The predicted molar refractivity (Wildman–Crippen MR) is 72.4 cm³/mol. The third kappa shape index (κ3) is 3.66. The van der Waals surface area contributed by atoms with Crippen molar-refractivity contribution in [3.8, 4) is 0 Å². The zero-order valence-corrected chi connectivity index (χ0v) is 11.4. The van der Waals surface area contributed by atoms with Gasteiger partial charge in [-0.05, 0) is 31.2 Å². The molecule has 0 heterocycles. The maximum Gasteiger partial charge on any atom is 0.273 e. The summed E-state index contributed by atoms with van der Waals surface area (Å²) in [6.07, 6.45) is 2.70. The van der Waals surface area contributed by atoms with Crippen molar-refractivity contribution in [3.05, 3.63) is 39.7 Å². The van der Waals surface area contributed by atoms with Gasteiger partial charge in [0.1, 0.15) is 5.82 Å². The molecule has 0 spiro atoms. The number of nitro groups is 1. The molecule has 2 rings (SSSR count). The summed E-state index contributed by atoms with van der Waals surface area (Å²) >= 11 is 5.98. The van der Waals surface area contributed by atoms with Crippen molar-refractivity contribution >= 4 is 23.2 Å². The number of amides is 1. The molecule has 1 aromatic carbocycles. The van der Waals surface area contributed by atoms with Gasteiger partial charge in [0.25, 0.3) is 11.6 Å². The quantitative estimate of drug-likeness (QED) is 0.528. The molecule has 0 saturated heterocycles. The first kappa shape index (κ1) is 14.7. The highest BCUT2D eigenvalue weighted by atomic mass is 35.5. The molecular weight excluding hydrogens is 287 g/mol. The van der Waals surface area contributed by atoms with Crippen LogP contribution in [0.15, 0.2) is 18.2 Å². The van der Waals surface area contributed by atoms with Crippen molar-refractivity contribution < 1.29 is 14.1 Å². The fraction of sp³-hybridized carbons (Fsp3) is 0.462. The summed E-state index contributed by atoms with van der Waals surface area (Å²) < 4.78 is 13.2. The van der Waals surface area contributed by atoms with Crippen LogP contribution in [0, 0.1) is 21.8 Å². The van der Waals surface area contributed by atoms with Crippen LogP contribution in [0.4, 0.5) is 10.1 Å². The summed E-state index contributed by atoms with van der Waals surface area (Å²) in [5.74, 6) is -0.998. The second kappa shape index (κ2) is 6.17. The van der Waals surface area contributed by atoms with Crippen LogP contribution in [0.5, 0.6) is 0 Å². The topological polar surface area (TPSA) is 72.2 Å². The lowest BCUT2D eigenvalue weighted by molar-refractivity contribution is -0.385. The van der Waals surface area contributed by atoms with Gasteiger partial charge in [0.2, 0.25) is 0 Å². The van der Waals surface area contributed by atoms with Gasteiger partial charge in [-0.25, -0.2) is 4.39 Å². The molecule has 2 atom stereocenters. The van der Waals surface area contributed by atoms with Gasteiger partial charge in [0, 0.05) is 23.6 Å². The summed E-state index contributed by atoms with van der Waals surface area (Å²) in [5, 5.41) is 13.4. The van der Waals surface area contributed by atoms with Crippen LogP contribution >= 0.6 is 11.6 Å². The largest absolute Gasteiger partial charge is 0.352 e. The lowest BCUT2D eigenvalue weighted by atomic mass is 10.1. The standard InChI is InChI=1S/C13H14ClFN2O3/c14-10-2-1-8(3-10)7-16-13(18)9-4-11(15)6-12(5-9)17(19)20/h4-6,8,10H,1-3,7H2,(H,16,18). The van der Waals surface area contributed by atoms with Gasteiger partial charge in [0.05, 0.1) is 11.0 Å². The number of hydrogen-bond acceptors (Lipinski definition) is 3. The number of halogens is 2. The molecule has 0 aliphatic heterocycles. The van der Waals surface area contributed by atoms with E-state index in [-0.39, 0.29) is 10.9 Å². The summed E-state index contributed by atoms with van der Waals surface area (Å²) in [7, 11) is 0. The minimum absolute atomic E-state index is 0.0443.